The Labute approximate surface area is 182 Å². The molecule has 0 bridgehead atoms. The highest BCUT2D eigenvalue weighted by Crippen LogP contribution is 2.38. The summed E-state index contributed by atoms with van der Waals surface area (Å²) in [6.45, 7) is -0.738. The van der Waals surface area contributed by atoms with Crippen LogP contribution in [0, 0.1) is 0 Å². The second-order valence-electron chi connectivity index (χ2n) is 6.13. The summed E-state index contributed by atoms with van der Waals surface area (Å²) < 4.78 is 45.0. The molecule has 168 valence electrons. The van der Waals surface area contributed by atoms with Crippen molar-refractivity contribution < 1.29 is 37.6 Å². The Morgan fingerprint density at radius 3 is 2.16 bits per heavy atom. The molecule has 0 fully saturated rings. The maximum atomic E-state index is 11.7. The fourth-order valence-electron chi connectivity index (χ4n) is 3.02. The van der Waals surface area contributed by atoms with E-state index in [0.717, 1.165) is 0 Å². The van der Waals surface area contributed by atoms with Crippen LogP contribution in [0.1, 0.15) is 16.7 Å². The second-order valence-corrected chi connectivity index (χ2v) is 7.03. The van der Waals surface area contributed by atoms with Gasteiger partial charge in [0.05, 0.1) is 39.7 Å². The molecule has 0 aliphatic rings. The van der Waals surface area contributed by atoms with Crippen LogP contribution in [-0.2, 0) is 31.1 Å². The highest BCUT2D eigenvalue weighted by molar-refractivity contribution is 7.78. The first-order chi connectivity index (χ1) is 14.9. The van der Waals surface area contributed by atoms with Gasteiger partial charge in [0, 0.05) is 11.3 Å². The number of para-hydroxylation sites is 1. The van der Waals surface area contributed by atoms with Crippen LogP contribution in [0.15, 0.2) is 36.4 Å². The van der Waals surface area contributed by atoms with Crippen LogP contribution in [0.5, 0.6) is 11.5 Å². The lowest BCUT2D eigenvalue weighted by Crippen LogP contribution is -2.16. The fraction of sp³-hybridized carbons (Fsp3) is 0.286. The van der Waals surface area contributed by atoms with Crippen molar-refractivity contribution in [1.29, 1.82) is 0 Å². The SMILES string of the molecule is COC(=C(OC)c1ccccc1OC)c1cc(OC)c(NC(=O)CO)cc1CS(=O)[O-]. The van der Waals surface area contributed by atoms with E-state index in [4.69, 9.17) is 24.1 Å². The van der Waals surface area contributed by atoms with Crippen molar-refractivity contribution in [3.05, 3.63) is 53.1 Å². The fourth-order valence-corrected chi connectivity index (χ4v) is 3.51. The zero-order chi connectivity index (χ0) is 23.0. The Hall–Kier alpha value is -3.08. The number of aliphatic hydroxyl groups is 1. The first kappa shape index (κ1) is 24.2. The van der Waals surface area contributed by atoms with Gasteiger partial charge in [0.15, 0.2) is 11.5 Å². The van der Waals surface area contributed by atoms with Gasteiger partial charge in [0.25, 0.3) is 0 Å². The maximum absolute atomic E-state index is 11.7. The monoisotopic (exact) mass is 450 g/mol. The van der Waals surface area contributed by atoms with E-state index in [2.05, 4.69) is 5.32 Å². The van der Waals surface area contributed by atoms with Crippen molar-refractivity contribution in [3.63, 3.8) is 0 Å². The van der Waals surface area contributed by atoms with E-state index in [0.29, 0.717) is 28.2 Å². The van der Waals surface area contributed by atoms with Crippen molar-refractivity contribution in [2.45, 2.75) is 5.75 Å². The molecule has 2 aromatic carbocycles. The van der Waals surface area contributed by atoms with Crippen molar-refractivity contribution >= 4 is 34.2 Å². The largest absolute Gasteiger partial charge is 0.772 e. The Morgan fingerprint density at radius 2 is 1.61 bits per heavy atom. The van der Waals surface area contributed by atoms with Crippen LogP contribution < -0.4 is 14.8 Å². The van der Waals surface area contributed by atoms with Crippen molar-refractivity contribution in [3.8, 4) is 11.5 Å². The lowest BCUT2D eigenvalue weighted by Gasteiger charge is -2.21. The lowest BCUT2D eigenvalue weighted by molar-refractivity contribution is -0.118. The van der Waals surface area contributed by atoms with Gasteiger partial charge in [0.2, 0.25) is 5.91 Å². The number of benzene rings is 2. The molecule has 2 aromatic rings. The zero-order valence-corrected chi connectivity index (χ0v) is 18.4. The van der Waals surface area contributed by atoms with Crippen molar-refractivity contribution in [2.75, 3.05) is 40.4 Å². The Kier molecular flexibility index (Phi) is 8.86. The number of hydrogen-bond donors (Lipinski definition) is 2. The Balaban J connectivity index is 2.80. The van der Waals surface area contributed by atoms with Gasteiger partial charge in [-0.1, -0.05) is 23.2 Å². The van der Waals surface area contributed by atoms with Gasteiger partial charge >= 0.3 is 0 Å². The van der Waals surface area contributed by atoms with E-state index >= 15 is 0 Å². The molecule has 1 amide bonds. The first-order valence-corrected chi connectivity index (χ1v) is 10.3. The summed E-state index contributed by atoms with van der Waals surface area (Å²) in [5.74, 6) is 0.285. The number of anilines is 1. The summed E-state index contributed by atoms with van der Waals surface area (Å²) in [6.07, 6.45) is 0. The lowest BCUT2D eigenvalue weighted by atomic mass is 10.0. The molecule has 0 saturated heterocycles. The van der Waals surface area contributed by atoms with E-state index in [1.807, 2.05) is 0 Å². The molecule has 0 aliphatic heterocycles. The third-order valence-electron chi connectivity index (χ3n) is 4.33. The van der Waals surface area contributed by atoms with Gasteiger partial charge in [-0.2, -0.15) is 0 Å². The molecule has 0 radical (unpaired) electrons. The Bertz CT molecular complexity index is 989. The number of aliphatic hydroxyl groups excluding tert-OH is 1. The number of nitrogens with one attached hydrogen (secondary N) is 1. The highest BCUT2D eigenvalue weighted by Gasteiger charge is 2.22. The molecule has 1 atom stereocenters. The van der Waals surface area contributed by atoms with Crippen molar-refractivity contribution in [1.82, 2.24) is 0 Å². The number of amides is 1. The molecule has 9 nitrogen and oxygen atoms in total. The summed E-state index contributed by atoms with van der Waals surface area (Å²) in [4.78, 5) is 11.7. The molecule has 1 unspecified atom stereocenters. The molecule has 0 aromatic heterocycles. The predicted molar refractivity (Wildman–Crippen MR) is 115 cm³/mol. The smallest absolute Gasteiger partial charge is 0.250 e. The van der Waals surface area contributed by atoms with Gasteiger partial charge in [-0.25, -0.2) is 0 Å². The molecule has 2 rings (SSSR count). The van der Waals surface area contributed by atoms with Crippen molar-refractivity contribution in [2.24, 2.45) is 0 Å². The number of hydrogen-bond acceptors (Lipinski definition) is 8. The van der Waals surface area contributed by atoms with E-state index in [-0.39, 0.29) is 22.9 Å². The molecular weight excluding hydrogens is 426 g/mol. The van der Waals surface area contributed by atoms with Crippen LogP contribution in [0.2, 0.25) is 0 Å². The second kappa shape index (κ2) is 11.3. The minimum Gasteiger partial charge on any atom is -0.772 e. The average Bonchev–Trinajstić information content (AvgIpc) is 2.77. The van der Waals surface area contributed by atoms with E-state index < -0.39 is 23.6 Å². The number of methoxy groups -OCH3 is 4. The third-order valence-corrected chi connectivity index (χ3v) is 4.87. The molecule has 31 heavy (non-hydrogen) atoms. The average molecular weight is 450 g/mol. The number of rotatable bonds is 10. The standard InChI is InChI=1S/C21H25NO8S/c1-27-17-8-6-5-7-14(17)20(29-3)21(30-4)15-10-18(28-2)16(22-19(24)11-23)9-13(15)12-31(25)26/h5-10,23H,11-12H2,1-4H3,(H,22,24)(H,25,26)/p-1. The first-order valence-electron chi connectivity index (χ1n) is 9.03. The number of carbonyl (C=O) groups excluding carboxylic acids is 1. The van der Waals surface area contributed by atoms with Gasteiger partial charge in [-0.15, -0.1) is 0 Å². The van der Waals surface area contributed by atoms with E-state index in [1.165, 1.54) is 40.6 Å². The van der Waals surface area contributed by atoms with E-state index in [9.17, 15) is 13.6 Å². The Morgan fingerprint density at radius 1 is 1.00 bits per heavy atom. The normalized spacial score (nSPS) is 12.5. The minimum absolute atomic E-state index is 0.206. The molecule has 2 N–H and O–H groups in total. The van der Waals surface area contributed by atoms with E-state index in [1.54, 1.807) is 24.3 Å². The van der Waals surface area contributed by atoms with Crippen LogP contribution in [-0.4, -0.2) is 54.8 Å². The maximum Gasteiger partial charge on any atom is 0.250 e. The summed E-state index contributed by atoms with van der Waals surface area (Å²) in [5, 5.41) is 11.5. The summed E-state index contributed by atoms with van der Waals surface area (Å²) in [6, 6.07) is 10.1. The van der Waals surface area contributed by atoms with Gasteiger partial charge in [-0.05, 0) is 29.8 Å². The molecule has 0 aliphatic carbocycles. The van der Waals surface area contributed by atoms with Crippen LogP contribution >= 0.6 is 0 Å². The van der Waals surface area contributed by atoms with Gasteiger partial charge in [0.1, 0.15) is 18.1 Å². The quantitative estimate of drug-likeness (QED) is 0.320. The molecule has 10 heteroatoms. The summed E-state index contributed by atoms with van der Waals surface area (Å²) in [7, 11) is 5.80. The topological polar surface area (TPSA) is 126 Å². The summed E-state index contributed by atoms with van der Waals surface area (Å²) in [5.41, 5.74) is 1.50. The molecule has 0 saturated carbocycles. The molecule has 0 spiro atoms. The number of carbonyl (C=O) groups is 1. The summed E-state index contributed by atoms with van der Waals surface area (Å²) >= 11 is -2.44. The van der Waals surface area contributed by atoms with Crippen LogP contribution in [0.25, 0.3) is 11.5 Å². The third kappa shape index (κ3) is 5.75. The number of ether oxygens (including phenoxy) is 4. The predicted octanol–water partition coefficient (Wildman–Crippen LogP) is 2.13. The van der Waals surface area contributed by atoms with Crippen LogP contribution in [0.3, 0.4) is 0 Å². The molecule has 0 heterocycles. The van der Waals surface area contributed by atoms with Gasteiger partial charge < -0.3 is 33.9 Å². The van der Waals surface area contributed by atoms with Crippen LogP contribution in [0.4, 0.5) is 5.69 Å². The minimum atomic E-state index is -2.44. The highest BCUT2D eigenvalue weighted by atomic mass is 32.2. The molecular formula is C21H24NO8S-. The van der Waals surface area contributed by atoms with Gasteiger partial charge in [-0.3, -0.25) is 9.00 Å². The zero-order valence-electron chi connectivity index (χ0n) is 17.6.